The third-order valence-corrected chi connectivity index (χ3v) is 2.29. The summed E-state index contributed by atoms with van der Waals surface area (Å²) in [5.74, 6) is 0.661. The summed E-state index contributed by atoms with van der Waals surface area (Å²) in [6.45, 7) is 1.81. The Labute approximate surface area is 87.7 Å². The van der Waals surface area contributed by atoms with Crippen LogP contribution in [-0.4, -0.2) is 22.7 Å². The van der Waals surface area contributed by atoms with Gasteiger partial charge in [0.1, 0.15) is 5.52 Å². The summed E-state index contributed by atoms with van der Waals surface area (Å²) in [6, 6.07) is 5.56. The summed E-state index contributed by atoms with van der Waals surface area (Å²) >= 11 is 0. The van der Waals surface area contributed by atoms with Crippen LogP contribution in [0.2, 0.25) is 0 Å². The van der Waals surface area contributed by atoms with Crippen LogP contribution in [0.25, 0.3) is 11.1 Å². The minimum atomic E-state index is -0.213. The number of hydrogen-bond acceptors (Lipinski definition) is 4. The smallest absolute Gasteiger partial charge is 0.192 e. The molecule has 0 spiro atoms. The number of fused-ring (bicyclic) bond motifs is 1. The van der Waals surface area contributed by atoms with Gasteiger partial charge < -0.3 is 15.3 Å². The van der Waals surface area contributed by atoms with E-state index in [4.69, 9.17) is 15.3 Å². The van der Waals surface area contributed by atoms with Crippen molar-refractivity contribution in [1.82, 2.24) is 4.98 Å². The lowest BCUT2D eigenvalue weighted by molar-refractivity contribution is 0.265. The average Bonchev–Trinajstić information content (AvgIpc) is 2.57. The summed E-state index contributed by atoms with van der Waals surface area (Å²) in [5, 5.41) is 8.85. The van der Waals surface area contributed by atoms with Crippen LogP contribution in [0.4, 0.5) is 0 Å². The topological polar surface area (TPSA) is 72.3 Å². The molecule has 4 nitrogen and oxygen atoms in total. The first kappa shape index (κ1) is 10.1. The van der Waals surface area contributed by atoms with E-state index >= 15 is 0 Å². The van der Waals surface area contributed by atoms with Crippen LogP contribution in [0.3, 0.4) is 0 Å². The molecule has 0 bridgehead atoms. The normalized spacial score (nSPS) is 13.3. The van der Waals surface area contributed by atoms with E-state index in [1.165, 1.54) is 0 Å². The number of nitrogens with zero attached hydrogens (tertiary/aromatic N) is 1. The highest BCUT2D eigenvalue weighted by Gasteiger charge is 2.06. The summed E-state index contributed by atoms with van der Waals surface area (Å²) in [6.07, 6.45) is 0.651. The Hall–Kier alpha value is -1.39. The highest BCUT2D eigenvalue weighted by molar-refractivity contribution is 5.73. The van der Waals surface area contributed by atoms with Crippen LogP contribution >= 0.6 is 0 Å². The highest BCUT2D eigenvalue weighted by Crippen LogP contribution is 2.17. The number of hydrogen-bond donors (Lipinski definition) is 2. The number of nitrogens with two attached hydrogens (primary N) is 1. The van der Waals surface area contributed by atoms with E-state index in [9.17, 15) is 0 Å². The maximum Gasteiger partial charge on any atom is 0.192 e. The van der Waals surface area contributed by atoms with Crippen molar-refractivity contribution in [3.63, 3.8) is 0 Å². The summed E-state index contributed by atoms with van der Waals surface area (Å²) < 4.78 is 5.36. The van der Waals surface area contributed by atoms with Gasteiger partial charge in [-0.2, -0.15) is 0 Å². The Kier molecular flexibility index (Phi) is 2.70. The maximum atomic E-state index is 8.85. The van der Waals surface area contributed by atoms with Gasteiger partial charge in [-0.05, 0) is 24.1 Å². The number of benzene rings is 1. The molecule has 0 amide bonds. The number of aryl methyl sites for hydroxylation is 1. The first-order valence-corrected chi connectivity index (χ1v) is 4.91. The number of aliphatic hydroxyl groups excluding tert-OH is 1. The molecule has 80 valence electrons. The molecule has 15 heavy (non-hydrogen) atoms. The first-order valence-electron chi connectivity index (χ1n) is 4.91. The number of aliphatic hydroxyl groups is 1. The van der Waals surface area contributed by atoms with Gasteiger partial charge in [-0.15, -0.1) is 0 Å². The van der Waals surface area contributed by atoms with Gasteiger partial charge in [0.25, 0.3) is 0 Å². The second-order valence-electron chi connectivity index (χ2n) is 3.68. The van der Waals surface area contributed by atoms with Crippen LogP contribution < -0.4 is 5.73 Å². The molecular formula is C11H14N2O2. The van der Waals surface area contributed by atoms with E-state index in [0.29, 0.717) is 12.3 Å². The predicted octanol–water partition coefficient (Wildman–Crippen LogP) is 0.998. The summed E-state index contributed by atoms with van der Waals surface area (Å²) in [5.41, 5.74) is 8.36. The van der Waals surface area contributed by atoms with Crippen LogP contribution in [0.1, 0.15) is 11.5 Å². The molecule has 2 rings (SSSR count). The van der Waals surface area contributed by atoms with Crippen molar-refractivity contribution in [1.29, 1.82) is 0 Å². The lowest BCUT2D eigenvalue weighted by atomic mass is 10.1. The fraction of sp³-hybridized carbons (Fsp3) is 0.364. The van der Waals surface area contributed by atoms with Crippen molar-refractivity contribution in [2.45, 2.75) is 19.4 Å². The van der Waals surface area contributed by atoms with Crippen molar-refractivity contribution >= 4 is 11.1 Å². The molecule has 0 radical (unpaired) electrons. The zero-order valence-electron chi connectivity index (χ0n) is 8.60. The molecular weight excluding hydrogens is 192 g/mol. The molecule has 1 heterocycles. The fourth-order valence-corrected chi connectivity index (χ4v) is 1.58. The molecule has 0 aliphatic heterocycles. The molecule has 0 fully saturated rings. The lowest BCUT2D eigenvalue weighted by Crippen LogP contribution is -2.26. The van der Waals surface area contributed by atoms with Crippen molar-refractivity contribution in [3.05, 3.63) is 29.7 Å². The Morgan fingerprint density at radius 3 is 3.07 bits per heavy atom. The van der Waals surface area contributed by atoms with E-state index in [1.807, 2.05) is 25.1 Å². The van der Waals surface area contributed by atoms with Gasteiger partial charge in [0.15, 0.2) is 11.5 Å². The average molecular weight is 206 g/mol. The summed E-state index contributed by atoms with van der Waals surface area (Å²) in [7, 11) is 0. The van der Waals surface area contributed by atoms with Gasteiger partial charge in [0, 0.05) is 13.0 Å². The van der Waals surface area contributed by atoms with Crippen LogP contribution in [0, 0.1) is 6.92 Å². The zero-order valence-corrected chi connectivity index (χ0v) is 8.60. The Balaban J connectivity index is 2.30. The van der Waals surface area contributed by atoms with E-state index in [2.05, 4.69) is 4.98 Å². The molecule has 1 atom stereocenters. The quantitative estimate of drug-likeness (QED) is 0.785. The third-order valence-electron chi connectivity index (χ3n) is 2.29. The standard InChI is InChI=1S/C11H14N2O2/c1-7-13-10-5-8(4-9(12)6-14)2-3-11(10)15-7/h2-3,5,9,14H,4,6,12H2,1H3. The molecule has 1 aromatic heterocycles. The van der Waals surface area contributed by atoms with Crippen molar-refractivity contribution in [3.8, 4) is 0 Å². The lowest BCUT2D eigenvalue weighted by Gasteiger charge is -2.06. The predicted molar refractivity (Wildman–Crippen MR) is 57.5 cm³/mol. The zero-order chi connectivity index (χ0) is 10.8. The van der Waals surface area contributed by atoms with Gasteiger partial charge >= 0.3 is 0 Å². The van der Waals surface area contributed by atoms with Gasteiger partial charge in [-0.25, -0.2) is 4.98 Å². The summed E-state index contributed by atoms with van der Waals surface area (Å²) in [4.78, 5) is 4.24. The Bertz CT molecular complexity index is 465. The molecule has 0 saturated carbocycles. The van der Waals surface area contributed by atoms with Crippen LogP contribution in [-0.2, 0) is 6.42 Å². The fourth-order valence-electron chi connectivity index (χ4n) is 1.58. The van der Waals surface area contributed by atoms with Crippen LogP contribution in [0.5, 0.6) is 0 Å². The highest BCUT2D eigenvalue weighted by atomic mass is 16.3. The number of rotatable bonds is 3. The minimum absolute atomic E-state index is 0.00409. The van der Waals surface area contributed by atoms with E-state index in [1.54, 1.807) is 0 Å². The number of aromatic nitrogens is 1. The van der Waals surface area contributed by atoms with E-state index in [-0.39, 0.29) is 12.6 Å². The van der Waals surface area contributed by atoms with E-state index < -0.39 is 0 Å². The molecule has 1 aromatic carbocycles. The van der Waals surface area contributed by atoms with Crippen molar-refractivity contribution in [2.24, 2.45) is 5.73 Å². The second-order valence-corrected chi connectivity index (χ2v) is 3.68. The molecule has 1 unspecified atom stereocenters. The first-order chi connectivity index (χ1) is 7.19. The second kappa shape index (κ2) is 4.00. The molecule has 0 aliphatic rings. The molecule has 2 aromatic rings. The van der Waals surface area contributed by atoms with Crippen LogP contribution in [0.15, 0.2) is 22.6 Å². The third kappa shape index (κ3) is 2.16. The Morgan fingerprint density at radius 2 is 2.33 bits per heavy atom. The molecule has 4 heteroatoms. The SMILES string of the molecule is Cc1nc2cc(CC(N)CO)ccc2o1. The van der Waals surface area contributed by atoms with Gasteiger partial charge in [-0.1, -0.05) is 6.07 Å². The monoisotopic (exact) mass is 206 g/mol. The maximum absolute atomic E-state index is 8.85. The van der Waals surface area contributed by atoms with Gasteiger partial charge in [0.2, 0.25) is 0 Å². The molecule has 3 N–H and O–H groups in total. The van der Waals surface area contributed by atoms with Gasteiger partial charge in [-0.3, -0.25) is 0 Å². The molecule has 0 saturated heterocycles. The minimum Gasteiger partial charge on any atom is -0.441 e. The van der Waals surface area contributed by atoms with Crippen molar-refractivity contribution in [2.75, 3.05) is 6.61 Å². The Morgan fingerprint density at radius 1 is 1.53 bits per heavy atom. The molecule has 0 aliphatic carbocycles. The van der Waals surface area contributed by atoms with Crippen molar-refractivity contribution < 1.29 is 9.52 Å². The number of oxazole rings is 1. The van der Waals surface area contributed by atoms with E-state index in [0.717, 1.165) is 16.7 Å². The largest absolute Gasteiger partial charge is 0.441 e. The van der Waals surface area contributed by atoms with Gasteiger partial charge in [0.05, 0.1) is 6.61 Å².